The standard InChI is InChI=1S/C18H22O3/c1-20-14-6-3-10(8-15(14)21-2)7-13(19)18-16-11-4-5-12(9-11)17(16)18/h3,6,8,11-12,16-18H,4-5,7,9H2,1-2H3. The number of hydrogen-bond donors (Lipinski definition) is 0. The summed E-state index contributed by atoms with van der Waals surface area (Å²) < 4.78 is 10.6. The number of methoxy groups -OCH3 is 2. The van der Waals surface area contributed by atoms with E-state index in [0.29, 0.717) is 23.9 Å². The van der Waals surface area contributed by atoms with Crippen LogP contribution < -0.4 is 9.47 Å². The van der Waals surface area contributed by atoms with Gasteiger partial charge in [0.05, 0.1) is 14.2 Å². The summed E-state index contributed by atoms with van der Waals surface area (Å²) in [5.41, 5.74) is 1.04. The molecule has 3 heteroatoms. The van der Waals surface area contributed by atoms with Crippen molar-refractivity contribution >= 4 is 5.78 Å². The van der Waals surface area contributed by atoms with E-state index in [-0.39, 0.29) is 0 Å². The molecule has 0 radical (unpaired) electrons. The Morgan fingerprint density at radius 1 is 1.10 bits per heavy atom. The van der Waals surface area contributed by atoms with E-state index in [9.17, 15) is 4.79 Å². The lowest BCUT2D eigenvalue weighted by atomic mass is 9.96. The Balaban J connectivity index is 1.46. The maximum atomic E-state index is 12.6. The van der Waals surface area contributed by atoms with Gasteiger partial charge in [-0.3, -0.25) is 4.79 Å². The molecule has 4 unspecified atom stereocenters. The minimum absolute atomic E-state index is 0.365. The topological polar surface area (TPSA) is 35.5 Å². The highest BCUT2D eigenvalue weighted by molar-refractivity contribution is 5.87. The van der Waals surface area contributed by atoms with Crippen molar-refractivity contribution in [2.24, 2.45) is 29.6 Å². The first-order valence-corrected chi connectivity index (χ1v) is 7.96. The fraction of sp³-hybridized carbons (Fsp3) is 0.611. The number of fused-ring (bicyclic) bond motifs is 5. The van der Waals surface area contributed by atoms with Crippen LogP contribution in [-0.4, -0.2) is 20.0 Å². The molecule has 4 rings (SSSR count). The summed E-state index contributed by atoms with van der Waals surface area (Å²) in [6.07, 6.45) is 4.67. The number of Topliss-reactive ketones (excluding diaryl/α,β-unsaturated/α-hetero) is 1. The molecule has 1 aromatic carbocycles. The Morgan fingerprint density at radius 2 is 1.76 bits per heavy atom. The summed E-state index contributed by atoms with van der Waals surface area (Å²) in [7, 11) is 3.26. The molecule has 0 amide bonds. The number of ketones is 1. The molecule has 3 nitrogen and oxygen atoms in total. The minimum atomic E-state index is 0.365. The Hall–Kier alpha value is -1.51. The number of carbonyl (C=O) groups excluding carboxylic acids is 1. The van der Waals surface area contributed by atoms with E-state index in [0.717, 1.165) is 35.0 Å². The number of rotatable bonds is 5. The van der Waals surface area contributed by atoms with Gasteiger partial charge < -0.3 is 9.47 Å². The number of benzene rings is 1. The van der Waals surface area contributed by atoms with Gasteiger partial charge in [0.25, 0.3) is 0 Å². The summed E-state index contributed by atoms with van der Waals surface area (Å²) in [5.74, 6) is 5.42. The molecular formula is C18H22O3. The summed E-state index contributed by atoms with van der Waals surface area (Å²) in [4.78, 5) is 12.6. The molecule has 0 aromatic heterocycles. The fourth-order valence-electron chi connectivity index (χ4n) is 5.06. The van der Waals surface area contributed by atoms with Gasteiger partial charge in [0.2, 0.25) is 0 Å². The van der Waals surface area contributed by atoms with E-state index in [1.165, 1.54) is 19.3 Å². The predicted molar refractivity (Wildman–Crippen MR) is 79.6 cm³/mol. The minimum Gasteiger partial charge on any atom is -0.493 e. The first-order valence-electron chi connectivity index (χ1n) is 7.96. The van der Waals surface area contributed by atoms with Crippen molar-refractivity contribution in [2.45, 2.75) is 25.7 Å². The Labute approximate surface area is 125 Å². The van der Waals surface area contributed by atoms with Crippen LogP contribution >= 0.6 is 0 Å². The van der Waals surface area contributed by atoms with E-state index in [1.807, 2.05) is 18.2 Å². The molecule has 3 saturated carbocycles. The van der Waals surface area contributed by atoms with Gasteiger partial charge in [-0.25, -0.2) is 0 Å². The third-order valence-electron chi connectivity index (χ3n) is 5.93. The lowest BCUT2D eigenvalue weighted by Gasteiger charge is -2.10. The summed E-state index contributed by atoms with van der Waals surface area (Å²) in [6.45, 7) is 0. The van der Waals surface area contributed by atoms with Crippen LogP contribution in [0.4, 0.5) is 0 Å². The van der Waals surface area contributed by atoms with E-state index in [2.05, 4.69) is 0 Å². The molecule has 0 heterocycles. The lowest BCUT2D eigenvalue weighted by molar-refractivity contribution is -0.120. The smallest absolute Gasteiger partial charge is 0.161 e. The highest BCUT2D eigenvalue weighted by Crippen LogP contribution is 2.69. The van der Waals surface area contributed by atoms with Crippen LogP contribution in [0.5, 0.6) is 11.5 Å². The third-order valence-corrected chi connectivity index (χ3v) is 5.93. The highest BCUT2D eigenvalue weighted by Gasteiger charge is 2.66. The lowest BCUT2D eigenvalue weighted by Crippen LogP contribution is -2.12. The number of ether oxygens (including phenoxy) is 2. The average Bonchev–Trinajstić information content (AvgIpc) is 2.96. The second kappa shape index (κ2) is 4.75. The maximum absolute atomic E-state index is 12.6. The van der Waals surface area contributed by atoms with Gasteiger partial charge in [0, 0.05) is 12.3 Å². The fourth-order valence-corrected chi connectivity index (χ4v) is 5.06. The second-order valence-corrected chi connectivity index (χ2v) is 6.85. The first-order chi connectivity index (χ1) is 10.2. The summed E-state index contributed by atoms with van der Waals surface area (Å²) in [5, 5.41) is 0. The largest absolute Gasteiger partial charge is 0.493 e. The third kappa shape index (κ3) is 1.97. The van der Waals surface area contributed by atoms with Crippen LogP contribution in [-0.2, 0) is 11.2 Å². The predicted octanol–water partition coefficient (Wildman–Crippen LogP) is 3.11. The second-order valence-electron chi connectivity index (χ2n) is 6.85. The highest BCUT2D eigenvalue weighted by atomic mass is 16.5. The van der Waals surface area contributed by atoms with Crippen molar-refractivity contribution in [2.75, 3.05) is 14.2 Å². The molecule has 21 heavy (non-hydrogen) atoms. The van der Waals surface area contributed by atoms with Crippen LogP contribution in [0.3, 0.4) is 0 Å². The molecular weight excluding hydrogens is 264 g/mol. The zero-order valence-corrected chi connectivity index (χ0v) is 12.7. The van der Waals surface area contributed by atoms with Gasteiger partial charge in [-0.2, -0.15) is 0 Å². The SMILES string of the molecule is COc1ccc(CC(=O)C2C3C4CCC(C4)C23)cc1OC. The van der Waals surface area contributed by atoms with Crippen LogP contribution in [0.15, 0.2) is 18.2 Å². The maximum Gasteiger partial charge on any atom is 0.161 e. The normalized spacial score (nSPS) is 35.4. The zero-order valence-electron chi connectivity index (χ0n) is 12.7. The van der Waals surface area contributed by atoms with Gasteiger partial charge in [0.1, 0.15) is 5.78 Å². The molecule has 112 valence electrons. The van der Waals surface area contributed by atoms with Crippen LogP contribution in [0.1, 0.15) is 24.8 Å². The molecule has 1 aromatic rings. The van der Waals surface area contributed by atoms with E-state index in [4.69, 9.17) is 9.47 Å². The number of hydrogen-bond acceptors (Lipinski definition) is 3. The van der Waals surface area contributed by atoms with Gasteiger partial charge in [-0.15, -0.1) is 0 Å². The van der Waals surface area contributed by atoms with Crippen molar-refractivity contribution in [3.05, 3.63) is 23.8 Å². The van der Waals surface area contributed by atoms with Crippen LogP contribution in [0.25, 0.3) is 0 Å². The molecule has 0 saturated heterocycles. The first kappa shape index (κ1) is 13.2. The van der Waals surface area contributed by atoms with Crippen LogP contribution in [0.2, 0.25) is 0 Å². The zero-order chi connectivity index (χ0) is 14.6. The number of carbonyl (C=O) groups is 1. The van der Waals surface area contributed by atoms with Crippen molar-refractivity contribution in [3.8, 4) is 11.5 Å². The van der Waals surface area contributed by atoms with E-state index < -0.39 is 0 Å². The van der Waals surface area contributed by atoms with Gasteiger partial charge in [-0.05, 0) is 60.6 Å². The van der Waals surface area contributed by atoms with Crippen LogP contribution in [0, 0.1) is 29.6 Å². The van der Waals surface area contributed by atoms with Gasteiger partial charge >= 0.3 is 0 Å². The van der Waals surface area contributed by atoms with E-state index >= 15 is 0 Å². The van der Waals surface area contributed by atoms with Gasteiger partial charge in [-0.1, -0.05) is 6.07 Å². The quantitative estimate of drug-likeness (QED) is 0.834. The average molecular weight is 286 g/mol. The summed E-state index contributed by atoms with van der Waals surface area (Å²) >= 11 is 0. The molecule has 0 spiro atoms. The summed E-state index contributed by atoms with van der Waals surface area (Å²) in [6, 6.07) is 5.80. The monoisotopic (exact) mass is 286 g/mol. The van der Waals surface area contributed by atoms with Gasteiger partial charge in [0.15, 0.2) is 11.5 Å². The van der Waals surface area contributed by atoms with Crippen molar-refractivity contribution in [1.29, 1.82) is 0 Å². The molecule has 0 N–H and O–H groups in total. The molecule has 2 bridgehead atoms. The van der Waals surface area contributed by atoms with Crippen molar-refractivity contribution < 1.29 is 14.3 Å². The van der Waals surface area contributed by atoms with Crippen molar-refractivity contribution in [3.63, 3.8) is 0 Å². The molecule has 3 aliphatic carbocycles. The molecule has 0 aliphatic heterocycles. The van der Waals surface area contributed by atoms with Crippen molar-refractivity contribution in [1.82, 2.24) is 0 Å². The van der Waals surface area contributed by atoms with E-state index in [1.54, 1.807) is 14.2 Å². The Morgan fingerprint density at radius 3 is 2.38 bits per heavy atom. The molecule has 4 atom stereocenters. The Kier molecular flexibility index (Phi) is 2.98. The molecule has 3 fully saturated rings. The molecule has 3 aliphatic rings. The Bertz CT molecular complexity index is 564.